The van der Waals surface area contributed by atoms with Crippen molar-refractivity contribution >= 4 is 33.2 Å². The van der Waals surface area contributed by atoms with E-state index in [9.17, 15) is 17.6 Å². The molecule has 2 heterocycles. The van der Waals surface area contributed by atoms with Crippen LogP contribution in [0.2, 0.25) is 5.02 Å². The summed E-state index contributed by atoms with van der Waals surface area (Å²) in [5.74, 6) is -0.597. The first-order chi connectivity index (χ1) is 12.3. The third-order valence-corrected chi connectivity index (χ3v) is 6.18. The summed E-state index contributed by atoms with van der Waals surface area (Å²) in [6.45, 7) is 1.83. The minimum atomic E-state index is -3.53. The number of nitrogens with one attached hydrogen (secondary N) is 1. The van der Waals surface area contributed by atoms with E-state index in [1.54, 1.807) is 6.92 Å². The Hall–Kier alpha value is -2.19. The number of amides is 2. The molecule has 0 fully saturated rings. The summed E-state index contributed by atoms with van der Waals surface area (Å²) in [5.41, 5.74) is 0.373. The summed E-state index contributed by atoms with van der Waals surface area (Å²) in [5, 5.41) is 2.95. The van der Waals surface area contributed by atoms with Gasteiger partial charge in [-0.3, -0.25) is 9.88 Å². The molecule has 1 aliphatic heterocycles. The van der Waals surface area contributed by atoms with Gasteiger partial charge in [0.2, 0.25) is 0 Å². The Morgan fingerprint density at radius 3 is 2.88 bits per heavy atom. The second-order valence-electron chi connectivity index (χ2n) is 5.98. The maximum absolute atomic E-state index is 13.9. The van der Waals surface area contributed by atoms with Crippen molar-refractivity contribution in [2.45, 2.75) is 24.3 Å². The lowest BCUT2D eigenvalue weighted by atomic mass is 10.2. The summed E-state index contributed by atoms with van der Waals surface area (Å²) in [4.78, 5) is 18.1. The smallest absolute Gasteiger partial charge is 0.322 e. The number of rotatable bonds is 2. The number of halogens is 2. The van der Waals surface area contributed by atoms with Gasteiger partial charge in [-0.15, -0.1) is 0 Å². The van der Waals surface area contributed by atoms with Crippen molar-refractivity contribution in [1.82, 2.24) is 10.3 Å². The molecule has 9 heteroatoms. The zero-order valence-electron chi connectivity index (χ0n) is 13.9. The molecule has 1 N–H and O–H groups in total. The van der Waals surface area contributed by atoms with Crippen LogP contribution in [0.4, 0.5) is 14.9 Å². The van der Waals surface area contributed by atoms with Crippen LogP contribution in [0.3, 0.4) is 0 Å². The number of urea groups is 1. The maximum Gasteiger partial charge on any atom is 0.322 e. The second-order valence-corrected chi connectivity index (χ2v) is 8.49. The zero-order chi connectivity index (χ0) is 18.9. The fraction of sp³-hybridized carbons (Fsp3) is 0.294. The van der Waals surface area contributed by atoms with Crippen molar-refractivity contribution < 1.29 is 17.6 Å². The number of fused-ring (bicyclic) bond motifs is 1. The minimum Gasteiger partial charge on any atom is -0.329 e. The first-order valence-corrected chi connectivity index (χ1v) is 10.0. The van der Waals surface area contributed by atoms with Crippen LogP contribution in [0, 0.1) is 5.82 Å². The lowest BCUT2D eigenvalue weighted by Crippen LogP contribution is -2.42. The average molecular weight is 398 g/mol. The number of carbonyl (C=O) groups is 1. The summed E-state index contributed by atoms with van der Waals surface area (Å²) in [6, 6.07) is 5.91. The van der Waals surface area contributed by atoms with Gasteiger partial charge in [-0.05, 0) is 43.7 Å². The Morgan fingerprint density at radius 2 is 2.15 bits per heavy atom. The van der Waals surface area contributed by atoms with E-state index in [1.165, 1.54) is 41.4 Å². The van der Waals surface area contributed by atoms with Gasteiger partial charge in [-0.25, -0.2) is 17.6 Å². The molecule has 0 radical (unpaired) electrons. The van der Waals surface area contributed by atoms with Crippen LogP contribution < -0.4 is 10.2 Å². The fourth-order valence-corrected chi connectivity index (χ4v) is 4.63. The Balaban J connectivity index is 1.91. The number of carbonyl (C=O) groups excluding carboxylic acids is 1. The highest BCUT2D eigenvalue weighted by Gasteiger charge is 2.30. The van der Waals surface area contributed by atoms with Crippen LogP contribution in [-0.4, -0.2) is 31.7 Å². The van der Waals surface area contributed by atoms with E-state index in [0.717, 1.165) is 0 Å². The van der Waals surface area contributed by atoms with Gasteiger partial charge >= 0.3 is 6.03 Å². The van der Waals surface area contributed by atoms with Gasteiger partial charge < -0.3 is 5.32 Å². The number of anilines is 1. The molecule has 0 bridgehead atoms. The molecule has 0 spiro atoms. The molecule has 1 aromatic heterocycles. The molecule has 1 aromatic carbocycles. The van der Waals surface area contributed by atoms with Crippen molar-refractivity contribution in [3.63, 3.8) is 0 Å². The summed E-state index contributed by atoms with van der Waals surface area (Å²) in [6.07, 6.45) is 1.73. The Kier molecular flexibility index (Phi) is 5.15. The predicted octanol–water partition coefficient (Wildman–Crippen LogP) is 3.33. The van der Waals surface area contributed by atoms with Crippen molar-refractivity contribution in [3.05, 3.63) is 53.1 Å². The number of benzene rings is 1. The molecule has 2 amide bonds. The second kappa shape index (κ2) is 7.20. The monoisotopic (exact) mass is 397 g/mol. The van der Waals surface area contributed by atoms with E-state index in [2.05, 4.69) is 10.3 Å². The largest absolute Gasteiger partial charge is 0.329 e. The van der Waals surface area contributed by atoms with Crippen LogP contribution in [0.15, 0.2) is 41.4 Å². The summed E-state index contributed by atoms with van der Waals surface area (Å²) >= 11 is 5.93. The molecule has 3 rings (SSSR count). The van der Waals surface area contributed by atoms with Crippen molar-refractivity contribution in [3.8, 4) is 0 Å². The molecule has 1 unspecified atom stereocenters. The highest BCUT2D eigenvalue weighted by molar-refractivity contribution is 7.91. The number of aromatic nitrogens is 1. The standard InChI is InChI=1S/C17H17ClFN3O3S/c1-11(16-13(19)4-2-7-20-16)21-17(23)22-8-3-9-26(24,25)15-10-12(18)5-6-14(15)22/h2,4-7,10-11H,3,8-9H2,1H3,(H,21,23). The third kappa shape index (κ3) is 3.66. The van der Waals surface area contributed by atoms with Crippen molar-refractivity contribution in [1.29, 1.82) is 0 Å². The molecule has 1 aliphatic rings. The molecule has 0 saturated heterocycles. The predicted molar refractivity (Wildman–Crippen MR) is 96.6 cm³/mol. The average Bonchev–Trinajstić information content (AvgIpc) is 2.71. The SMILES string of the molecule is CC(NC(=O)N1CCCS(=O)(=O)c2cc(Cl)ccc21)c1ncccc1F. The van der Waals surface area contributed by atoms with Gasteiger partial charge in [0.05, 0.1) is 28.1 Å². The van der Waals surface area contributed by atoms with Gasteiger partial charge in [0, 0.05) is 17.8 Å². The van der Waals surface area contributed by atoms with Gasteiger partial charge in [-0.2, -0.15) is 0 Å². The molecule has 0 aliphatic carbocycles. The Labute approximate surface area is 155 Å². The molecule has 1 atom stereocenters. The number of hydrogen-bond donors (Lipinski definition) is 1. The van der Waals surface area contributed by atoms with E-state index in [0.29, 0.717) is 0 Å². The molecule has 0 saturated carbocycles. The quantitative estimate of drug-likeness (QED) is 0.842. The van der Waals surface area contributed by atoms with Crippen molar-refractivity contribution in [2.24, 2.45) is 0 Å². The van der Waals surface area contributed by atoms with Crippen molar-refractivity contribution in [2.75, 3.05) is 17.2 Å². The number of sulfone groups is 1. The first-order valence-electron chi connectivity index (χ1n) is 8.00. The first kappa shape index (κ1) is 18.6. The van der Waals surface area contributed by atoms with Crippen LogP contribution in [0.5, 0.6) is 0 Å². The number of pyridine rings is 1. The zero-order valence-corrected chi connectivity index (χ0v) is 15.5. The van der Waals surface area contributed by atoms with Crippen LogP contribution >= 0.6 is 11.6 Å². The van der Waals surface area contributed by atoms with Crippen LogP contribution in [0.25, 0.3) is 0 Å². The highest BCUT2D eigenvalue weighted by atomic mass is 35.5. The van der Waals surface area contributed by atoms with Gasteiger partial charge in [-0.1, -0.05) is 11.6 Å². The minimum absolute atomic E-state index is 0.0225. The van der Waals surface area contributed by atoms with E-state index in [-0.39, 0.29) is 40.0 Å². The molecule has 2 aromatic rings. The Morgan fingerprint density at radius 1 is 1.38 bits per heavy atom. The lowest BCUT2D eigenvalue weighted by molar-refractivity contribution is 0.243. The summed E-state index contributed by atoms with van der Waals surface area (Å²) < 4.78 is 38.7. The van der Waals surface area contributed by atoms with E-state index < -0.39 is 27.7 Å². The molecule has 26 heavy (non-hydrogen) atoms. The van der Waals surface area contributed by atoms with Gasteiger partial charge in [0.25, 0.3) is 0 Å². The van der Waals surface area contributed by atoms with E-state index >= 15 is 0 Å². The number of nitrogens with zero attached hydrogens (tertiary/aromatic N) is 2. The van der Waals surface area contributed by atoms with E-state index in [4.69, 9.17) is 11.6 Å². The molecule has 6 nitrogen and oxygen atoms in total. The summed E-state index contributed by atoms with van der Waals surface area (Å²) in [7, 11) is -3.53. The van der Waals surface area contributed by atoms with E-state index in [1.807, 2.05) is 0 Å². The topological polar surface area (TPSA) is 79.4 Å². The van der Waals surface area contributed by atoms with Gasteiger partial charge in [0.15, 0.2) is 9.84 Å². The third-order valence-electron chi connectivity index (χ3n) is 4.12. The fourth-order valence-electron chi connectivity index (χ4n) is 2.86. The maximum atomic E-state index is 13.9. The lowest BCUT2D eigenvalue weighted by Gasteiger charge is -2.25. The molecular weight excluding hydrogens is 381 g/mol. The number of hydrogen-bond acceptors (Lipinski definition) is 4. The van der Waals surface area contributed by atoms with Crippen LogP contribution in [0.1, 0.15) is 25.1 Å². The molecular formula is C17H17ClFN3O3S. The van der Waals surface area contributed by atoms with Gasteiger partial charge in [0.1, 0.15) is 5.82 Å². The normalized spacial score (nSPS) is 17.1. The molecule has 138 valence electrons. The van der Waals surface area contributed by atoms with Crippen LogP contribution in [-0.2, 0) is 9.84 Å². The Bertz CT molecular complexity index is 952. The highest BCUT2D eigenvalue weighted by Crippen LogP contribution is 2.32.